The lowest BCUT2D eigenvalue weighted by atomic mass is 9.87. The van der Waals surface area contributed by atoms with E-state index in [2.05, 4.69) is 45.0 Å². The van der Waals surface area contributed by atoms with E-state index in [0.29, 0.717) is 11.5 Å². The van der Waals surface area contributed by atoms with Crippen LogP contribution in [0.3, 0.4) is 0 Å². The molecule has 1 rings (SSSR count). The first kappa shape index (κ1) is 16.0. The minimum absolute atomic E-state index is 0.373. The van der Waals surface area contributed by atoms with Crippen LogP contribution in [0.25, 0.3) is 0 Å². The summed E-state index contributed by atoms with van der Waals surface area (Å²) in [5, 5.41) is 3.65. The average Bonchev–Trinajstić information content (AvgIpc) is 2.33. The van der Waals surface area contributed by atoms with Crippen LogP contribution in [0.2, 0.25) is 0 Å². The van der Waals surface area contributed by atoms with Crippen molar-refractivity contribution in [2.24, 2.45) is 11.3 Å². The summed E-state index contributed by atoms with van der Waals surface area (Å²) in [4.78, 5) is 2.48. The number of nitrogens with zero attached hydrogens (tertiary/aromatic N) is 1. The van der Waals surface area contributed by atoms with E-state index in [1.807, 2.05) is 0 Å². The van der Waals surface area contributed by atoms with Gasteiger partial charge in [0.15, 0.2) is 0 Å². The third kappa shape index (κ3) is 5.71. The molecule has 108 valence electrons. The maximum Gasteiger partial charge on any atom is 0.0113 e. The highest BCUT2D eigenvalue weighted by Crippen LogP contribution is 2.23. The summed E-state index contributed by atoms with van der Waals surface area (Å²) in [7, 11) is 2.25. The molecule has 0 aromatic heterocycles. The van der Waals surface area contributed by atoms with E-state index in [-0.39, 0.29) is 0 Å². The number of hydrogen-bond donors (Lipinski definition) is 1. The van der Waals surface area contributed by atoms with Crippen molar-refractivity contribution < 1.29 is 0 Å². The molecule has 1 aliphatic carbocycles. The third-order valence-corrected chi connectivity index (χ3v) is 4.71. The van der Waals surface area contributed by atoms with Crippen molar-refractivity contribution in [3.05, 3.63) is 0 Å². The van der Waals surface area contributed by atoms with Crippen molar-refractivity contribution >= 4 is 0 Å². The van der Waals surface area contributed by atoms with Gasteiger partial charge in [-0.3, -0.25) is 0 Å². The molecule has 0 aromatic rings. The summed E-state index contributed by atoms with van der Waals surface area (Å²) < 4.78 is 0. The Kier molecular flexibility index (Phi) is 6.65. The molecule has 2 heteroatoms. The Morgan fingerprint density at radius 2 is 1.78 bits per heavy atom. The maximum absolute atomic E-state index is 3.65. The zero-order chi connectivity index (χ0) is 13.6. The molecule has 0 radical (unpaired) electrons. The van der Waals surface area contributed by atoms with Gasteiger partial charge >= 0.3 is 0 Å². The molecule has 0 saturated heterocycles. The monoisotopic (exact) mass is 254 g/mol. The number of hydrogen-bond acceptors (Lipinski definition) is 2. The maximum atomic E-state index is 3.65. The van der Waals surface area contributed by atoms with Gasteiger partial charge < -0.3 is 10.2 Å². The van der Waals surface area contributed by atoms with Crippen molar-refractivity contribution in [3.63, 3.8) is 0 Å². The highest BCUT2D eigenvalue weighted by atomic mass is 15.1. The van der Waals surface area contributed by atoms with E-state index >= 15 is 0 Å². The fourth-order valence-electron chi connectivity index (χ4n) is 2.81. The number of nitrogens with one attached hydrogen (secondary N) is 1. The third-order valence-electron chi connectivity index (χ3n) is 4.71. The van der Waals surface area contributed by atoms with Crippen LogP contribution in [0.4, 0.5) is 0 Å². The molecule has 1 saturated carbocycles. The second-order valence-electron chi connectivity index (χ2n) is 7.23. The molecule has 0 heterocycles. The lowest BCUT2D eigenvalue weighted by Crippen LogP contribution is -2.42. The van der Waals surface area contributed by atoms with E-state index in [4.69, 9.17) is 0 Å². The largest absolute Gasteiger partial charge is 0.315 e. The fraction of sp³-hybridized carbons (Fsp3) is 1.00. The van der Waals surface area contributed by atoms with E-state index in [1.165, 1.54) is 38.6 Å². The standard InChI is InChI=1S/C16H34N2/c1-14(16(2,3)4)18(5)12-11-17-13-15-9-7-6-8-10-15/h14-15,17H,6-13H2,1-5H3. The average molecular weight is 254 g/mol. The summed E-state index contributed by atoms with van der Waals surface area (Å²) in [5.41, 5.74) is 0.373. The molecule has 0 amide bonds. The minimum Gasteiger partial charge on any atom is -0.315 e. The van der Waals surface area contributed by atoms with Crippen LogP contribution >= 0.6 is 0 Å². The number of likely N-dealkylation sites (N-methyl/N-ethyl adjacent to an activating group) is 1. The molecule has 0 spiro atoms. The first-order chi connectivity index (χ1) is 8.41. The van der Waals surface area contributed by atoms with Crippen LogP contribution in [0.1, 0.15) is 59.8 Å². The van der Waals surface area contributed by atoms with Crippen molar-refractivity contribution in [2.45, 2.75) is 65.8 Å². The Hall–Kier alpha value is -0.0800. The molecule has 18 heavy (non-hydrogen) atoms. The smallest absolute Gasteiger partial charge is 0.0113 e. The summed E-state index contributed by atoms with van der Waals surface area (Å²) in [5.74, 6) is 0.948. The second-order valence-corrected chi connectivity index (χ2v) is 7.23. The fourth-order valence-corrected chi connectivity index (χ4v) is 2.81. The van der Waals surface area contributed by atoms with Crippen molar-refractivity contribution in [1.29, 1.82) is 0 Å². The lowest BCUT2D eigenvalue weighted by Gasteiger charge is -2.35. The van der Waals surface area contributed by atoms with Gasteiger partial charge in [-0.15, -0.1) is 0 Å². The predicted molar refractivity (Wildman–Crippen MR) is 81.0 cm³/mol. The van der Waals surface area contributed by atoms with Gasteiger partial charge in [0.2, 0.25) is 0 Å². The van der Waals surface area contributed by atoms with Gasteiger partial charge in [0.25, 0.3) is 0 Å². The topological polar surface area (TPSA) is 15.3 Å². The normalized spacial score (nSPS) is 20.3. The molecule has 1 atom stereocenters. The second kappa shape index (κ2) is 7.49. The van der Waals surface area contributed by atoms with Crippen LogP contribution in [0, 0.1) is 11.3 Å². The first-order valence-electron chi connectivity index (χ1n) is 7.82. The highest BCUT2D eigenvalue weighted by Gasteiger charge is 2.23. The molecule has 0 aromatic carbocycles. The predicted octanol–water partition coefficient (Wildman–Crippen LogP) is 3.52. The molecule has 0 aliphatic heterocycles. The van der Waals surface area contributed by atoms with E-state index in [0.717, 1.165) is 19.0 Å². The quantitative estimate of drug-likeness (QED) is 0.730. The molecule has 0 bridgehead atoms. The van der Waals surface area contributed by atoms with Gasteiger partial charge in [-0.2, -0.15) is 0 Å². The summed E-state index contributed by atoms with van der Waals surface area (Å²) in [6.07, 6.45) is 7.26. The number of rotatable bonds is 6. The Balaban J connectivity index is 2.09. The molecular formula is C16H34N2. The van der Waals surface area contributed by atoms with Gasteiger partial charge in [-0.1, -0.05) is 40.0 Å². The van der Waals surface area contributed by atoms with Gasteiger partial charge in [0.05, 0.1) is 0 Å². The van der Waals surface area contributed by atoms with E-state index < -0.39 is 0 Å². The summed E-state index contributed by atoms with van der Waals surface area (Å²) >= 11 is 0. The van der Waals surface area contributed by atoms with Gasteiger partial charge in [-0.25, -0.2) is 0 Å². The molecule has 1 fully saturated rings. The summed E-state index contributed by atoms with van der Waals surface area (Å²) in [6.45, 7) is 12.8. The summed E-state index contributed by atoms with van der Waals surface area (Å²) in [6, 6.07) is 0.633. The van der Waals surface area contributed by atoms with Crippen LogP contribution in [0.5, 0.6) is 0 Å². The van der Waals surface area contributed by atoms with Crippen LogP contribution in [-0.2, 0) is 0 Å². The van der Waals surface area contributed by atoms with Gasteiger partial charge in [0.1, 0.15) is 0 Å². The van der Waals surface area contributed by atoms with Gasteiger partial charge in [-0.05, 0) is 44.7 Å². The first-order valence-corrected chi connectivity index (χ1v) is 7.82. The Bertz CT molecular complexity index is 214. The van der Waals surface area contributed by atoms with E-state index in [1.54, 1.807) is 0 Å². The Labute approximate surface area is 115 Å². The lowest BCUT2D eigenvalue weighted by molar-refractivity contribution is 0.141. The van der Waals surface area contributed by atoms with Crippen LogP contribution < -0.4 is 5.32 Å². The zero-order valence-corrected chi connectivity index (χ0v) is 13.3. The molecule has 2 nitrogen and oxygen atoms in total. The molecule has 1 aliphatic rings. The molecule has 1 unspecified atom stereocenters. The van der Waals surface area contributed by atoms with Crippen molar-refractivity contribution in [2.75, 3.05) is 26.7 Å². The van der Waals surface area contributed by atoms with Crippen molar-refractivity contribution in [1.82, 2.24) is 10.2 Å². The molecular weight excluding hydrogens is 220 g/mol. The molecule has 1 N–H and O–H groups in total. The van der Waals surface area contributed by atoms with Crippen LogP contribution in [-0.4, -0.2) is 37.6 Å². The minimum atomic E-state index is 0.373. The SMILES string of the molecule is CC(N(C)CCNCC1CCCCC1)C(C)(C)C. The Morgan fingerprint density at radius 3 is 2.33 bits per heavy atom. The Morgan fingerprint density at radius 1 is 1.17 bits per heavy atom. The zero-order valence-electron chi connectivity index (χ0n) is 13.3. The van der Waals surface area contributed by atoms with Gasteiger partial charge in [0, 0.05) is 19.1 Å². The van der Waals surface area contributed by atoms with Crippen LogP contribution in [0.15, 0.2) is 0 Å². The van der Waals surface area contributed by atoms with Crippen molar-refractivity contribution in [3.8, 4) is 0 Å². The highest BCUT2D eigenvalue weighted by molar-refractivity contribution is 4.78. The van der Waals surface area contributed by atoms with E-state index in [9.17, 15) is 0 Å².